The van der Waals surface area contributed by atoms with Gasteiger partial charge in [-0.15, -0.1) is 0 Å². The van der Waals surface area contributed by atoms with Crippen LogP contribution in [0.25, 0.3) is 22.6 Å². The highest BCUT2D eigenvalue weighted by molar-refractivity contribution is 5.92. The number of phenolic OH excluding ortho intramolecular Hbond substituents is 1. The van der Waals surface area contributed by atoms with Gasteiger partial charge in [0.25, 0.3) is 5.91 Å². The van der Waals surface area contributed by atoms with Crippen molar-refractivity contribution in [1.29, 1.82) is 0 Å². The van der Waals surface area contributed by atoms with E-state index in [0.717, 1.165) is 0 Å². The predicted molar refractivity (Wildman–Crippen MR) is 99.5 cm³/mol. The van der Waals surface area contributed by atoms with Crippen molar-refractivity contribution in [2.45, 2.75) is 0 Å². The number of aromatic hydroxyl groups is 1. The van der Waals surface area contributed by atoms with Gasteiger partial charge in [-0.1, -0.05) is 18.2 Å². The first kappa shape index (κ1) is 16.6. The zero-order valence-corrected chi connectivity index (χ0v) is 14.1. The van der Waals surface area contributed by atoms with Gasteiger partial charge in [0.2, 0.25) is 5.89 Å². The molecule has 1 amide bonds. The van der Waals surface area contributed by atoms with Crippen LogP contribution in [0.5, 0.6) is 11.5 Å². The van der Waals surface area contributed by atoms with E-state index in [1.54, 1.807) is 42.7 Å². The Morgan fingerprint density at radius 3 is 2.78 bits per heavy atom. The van der Waals surface area contributed by atoms with Gasteiger partial charge in [-0.2, -0.15) is 0 Å². The van der Waals surface area contributed by atoms with E-state index in [9.17, 15) is 9.90 Å². The molecule has 0 atom stereocenters. The van der Waals surface area contributed by atoms with E-state index in [-0.39, 0.29) is 24.2 Å². The number of hydrogen-bond donors (Lipinski definition) is 2. The number of nitrogens with one attached hydrogen (secondary N) is 1. The lowest BCUT2D eigenvalue weighted by Crippen LogP contribution is -2.20. The second kappa shape index (κ2) is 7.17. The number of hydrogen-bond acceptors (Lipinski definition) is 6. The number of para-hydroxylation sites is 1. The van der Waals surface area contributed by atoms with Crippen molar-refractivity contribution in [2.75, 3.05) is 11.9 Å². The molecule has 2 heterocycles. The molecule has 2 aromatic carbocycles. The summed E-state index contributed by atoms with van der Waals surface area (Å²) >= 11 is 0. The third kappa shape index (κ3) is 3.72. The number of carbonyl (C=O) groups is 1. The monoisotopic (exact) mass is 361 g/mol. The summed E-state index contributed by atoms with van der Waals surface area (Å²) in [5.74, 6) is 0.493. The van der Waals surface area contributed by atoms with E-state index in [1.807, 2.05) is 18.2 Å². The summed E-state index contributed by atoms with van der Waals surface area (Å²) < 4.78 is 11.0. The lowest BCUT2D eigenvalue weighted by Gasteiger charge is -2.08. The van der Waals surface area contributed by atoms with Gasteiger partial charge in [-0.25, -0.2) is 4.98 Å². The minimum absolute atomic E-state index is 0.0590. The van der Waals surface area contributed by atoms with Crippen molar-refractivity contribution >= 4 is 22.7 Å². The zero-order valence-electron chi connectivity index (χ0n) is 14.1. The first-order valence-electron chi connectivity index (χ1n) is 8.21. The molecule has 0 saturated heterocycles. The molecule has 2 aromatic heterocycles. The fourth-order valence-corrected chi connectivity index (χ4v) is 2.55. The van der Waals surface area contributed by atoms with Gasteiger partial charge in [0.15, 0.2) is 12.2 Å². The number of amides is 1. The van der Waals surface area contributed by atoms with Crippen LogP contribution in [0.1, 0.15) is 0 Å². The van der Waals surface area contributed by atoms with Crippen LogP contribution in [0.4, 0.5) is 5.69 Å². The van der Waals surface area contributed by atoms with Gasteiger partial charge in [-0.05, 0) is 24.3 Å². The number of oxazole rings is 1. The third-order valence-electron chi connectivity index (χ3n) is 3.81. The predicted octanol–water partition coefficient (Wildman–Crippen LogP) is 3.61. The van der Waals surface area contributed by atoms with Crippen LogP contribution in [0.15, 0.2) is 71.4 Å². The molecule has 0 fully saturated rings. The van der Waals surface area contributed by atoms with Gasteiger partial charge in [-0.3, -0.25) is 9.78 Å². The second-order valence-electron chi connectivity index (χ2n) is 5.74. The molecule has 0 spiro atoms. The number of rotatable bonds is 5. The van der Waals surface area contributed by atoms with Crippen molar-refractivity contribution in [3.8, 4) is 23.0 Å². The van der Waals surface area contributed by atoms with Gasteiger partial charge in [0.1, 0.15) is 17.0 Å². The SMILES string of the molecule is O=C(COc1ccccc1)Nc1ccc(-c2nc3cnccc3o2)c(O)c1. The number of carbonyl (C=O) groups excluding carboxylic acids is 1. The molecule has 0 aliphatic heterocycles. The molecule has 27 heavy (non-hydrogen) atoms. The van der Waals surface area contributed by atoms with Crippen LogP contribution >= 0.6 is 0 Å². The van der Waals surface area contributed by atoms with Crippen LogP contribution in [0.3, 0.4) is 0 Å². The fraction of sp³-hybridized carbons (Fsp3) is 0.0500. The van der Waals surface area contributed by atoms with Crippen LogP contribution < -0.4 is 10.1 Å². The van der Waals surface area contributed by atoms with Crippen LogP contribution in [0.2, 0.25) is 0 Å². The maximum atomic E-state index is 12.0. The third-order valence-corrected chi connectivity index (χ3v) is 3.81. The molecule has 0 aliphatic rings. The van der Waals surface area contributed by atoms with E-state index in [4.69, 9.17) is 9.15 Å². The summed E-state index contributed by atoms with van der Waals surface area (Å²) in [5, 5.41) is 13.0. The molecule has 7 heteroatoms. The molecule has 4 aromatic rings. The highest BCUT2D eigenvalue weighted by atomic mass is 16.5. The van der Waals surface area contributed by atoms with Crippen molar-refractivity contribution in [3.63, 3.8) is 0 Å². The largest absolute Gasteiger partial charge is 0.507 e. The Labute approximate surface area is 154 Å². The number of pyridine rings is 1. The highest BCUT2D eigenvalue weighted by Gasteiger charge is 2.13. The smallest absolute Gasteiger partial charge is 0.262 e. The van der Waals surface area contributed by atoms with Crippen LogP contribution in [-0.4, -0.2) is 27.6 Å². The Morgan fingerprint density at radius 1 is 1.15 bits per heavy atom. The number of fused-ring (bicyclic) bond motifs is 1. The van der Waals surface area contributed by atoms with E-state index in [1.165, 1.54) is 6.07 Å². The molecule has 4 rings (SSSR count). The molecule has 0 bridgehead atoms. The summed E-state index contributed by atoms with van der Waals surface area (Å²) in [6, 6.07) is 15.5. The van der Waals surface area contributed by atoms with Gasteiger partial charge in [0.05, 0.1) is 11.8 Å². The number of ether oxygens (including phenoxy) is 1. The van der Waals surface area contributed by atoms with E-state index >= 15 is 0 Å². The van der Waals surface area contributed by atoms with Crippen molar-refractivity contribution < 1.29 is 19.1 Å². The lowest BCUT2D eigenvalue weighted by atomic mass is 10.2. The Kier molecular flexibility index (Phi) is 4.40. The summed E-state index contributed by atoms with van der Waals surface area (Å²) in [6.07, 6.45) is 3.19. The highest BCUT2D eigenvalue weighted by Crippen LogP contribution is 2.32. The summed E-state index contributed by atoms with van der Waals surface area (Å²) in [6.45, 7) is -0.134. The van der Waals surface area contributed by atoms with Gasteiger partial charge in [0, 0.05) is 24.0 Å². The molecular weight excluding hydrogens is 346 g/mol. The molecule has 2 N–H and O–H groups in total. The molecule has 0 unspecified atom stereocenters. The number of benzene rings is 2. The second-order valence-corrected chi connectivity index (χ2v) is 5.74. The molecule has 0 saturated carbocycles. The standard InChI is InChI=1S/C20H15N3O4/c24-17-10-13(22-19(25)12-26-14-4-2-1-3-5-14)6-7-15(17)20-23-16-11-21-9-8-18(16)27-20/h1-11,24H,12H2,(H,22,25). The minimum Gasteiger partial charge on any atom is -0.507 e. The van der Waals surface area contributed by atoms with Crippen molar-refractivity contribution in [2.24, 2.45) is 0 Å². The van der Waals surface area contributed by atoms with E-state index in [0.29, 0.717) is 28.1 Å². The Bertz CT molecular complexity index is 1060. The summed E-state index contributed by atoms with van der Waals surface area (Å²) in [4.78, 5) is 20.3. The van der Waals surface area contributed by atoms with E-state index < -0.39 is 0 Å². The fourth-order valence-electron chi connectivity index (χ4n) is 2.55. The topological polar surface area (TPSA) is 97.5 Å². The average Bonchev–Trinajstić information content (AvgIpc) is 3.11. The molecule has 134 valence electrons. The quantitative estimate of drug-likeness (QED) is 0.563. The maximum Gasteiger partial charge on any atom is 0.262 e. The van der Waals surface area contributed by atoms with Crippen LogP contribution in [-0.2, 0) is 4.79 Å². The summed E-state index contributed by atoms with van der Waals surface area (Å²) in [5.41, 5.74) is 2.04. The first-order chi connectivity index (χ1) is 13.2. The van der Waals surface area contributed by atoms with Crippen molar-refractivity contribution in [1.82, 2.24) is 9.97 Å². The first-order valence-corrected chi connectivity index (χ1v) is 8.21. The van der Waals surface area contributed by atoms with E-state index in [2.05, 4.69) is 15.3 Å². The minimum atomic E-state index is -0.334. The maximum absolute atomic E-state index is 12.0. The van der Waals surface area contributed by atoms with Gasteiger partial charge < -0.3 is 19.6 Å². The molecule has 0 aliphatic carbocycles. The molecule has 0 radical (unpaired) electrons. The van der Waals surface area contributed by atoms with Crippen LogP contribution in [0, 0.1) is 0 Å². The molecular formula is C20H15N3O4. The van der Waals surface area contributed by atoms with Crippen molar-refractivity contribution in [3.05, 3.63) is 67.0 Å². The number of anilines is 1. The molecule has 7 nitrogen and oxygen atoms in total. The normalized spacial score (nSPS) is 10.7. The number of aromatic nitrogens is 2. The average molecular weight is 361 g/mol. The Hall–Kier alpha value is -3.87. The Balaban J connectivity index is 1.45. The number of phenols is 1. The Morgan fingerprint density at radius 2 is 2.00 bits per heavy atom. The zero-order chi connectivity index (χ0) is 18.6. The lowest BCUT2D eigenvalue weighted by molar-refractivity contribution is -0.118. The van der Waals surface area contributed by atoms with Gasteiger partial charge >= 0.3 is 0 Å². The summed E-state index contributed by atoms with van der Waals surface area (Å²) in [7, 11) is 0. The number of nitrogens with zero attached hydrogens (tertiary/aromatic N) is 2.